The molecule has 2 aromatic carbocycles. The minimum Gasteiger partial charge on any atom is -0.488 e. The van der Waals surface area contributed by atoms with E-state index in [1.165, 1.54) is 6.08 Å². The van der Waals surface area contributed by atoms with Crippen LogP contribution in [0.3, 0.4) is 0 Å². The summed E-state index contributed by atoms with van der Waals surface area (Å²) < 4.78 is 7.42. The Balaban J connectivity index is 2.11. The molecule has 0 bridgehead atoms. The number of hydrogen-bond acceptors (Lipinski definition) is 4. The topological polar surface area (TPSA) is 105 Å². The lowest BCUT2D eigenvalue weighted by Gasteiger charge is -2.09. The van der Waals surface area contributed by atoms with E-state index in [9.17, 15) is 9.59 Å². The van der Waals surface area contributed by atoms with Gasteiger partial charge in [-0.25, -0.2) is 4.79 Å². The number of nitrogens with one attached hydrogen (secondary N) is 1. The smallest absolute Gasteiger partial charge is 0.319 e. The number of primary amides is 1. The highest BCUT2D eigenvalue weighted by atomic mass is 79.9. The van der Waals surface area contributed by atoms with Gasteiger partial charge >= 0.3 is 6.03 Å². The van der Waals surface area contributed by atoms with Crippen molar-refractivity contribution in [2.24, 2.45) is 5.73 Å². The number of ether oxygens (including phenoxy) is 1. The van der Waals surface area contributed by atoms with Crippen LogP contribution in [0.2, 0.25) is 0 Å². The van der Waals surface area contributed by atoms with E-state index in [-0.39, 0.29) is 5.57 Å². The summed E-state index contributed by atoms with van der Waals surface area (Å²) in [5.41, 5.74) is 6.24. The minimum absolute atomic E-state index is 0.237. The molecule has 2 rings (SSSR count). The molecular formula is C18H13Br2N3O3. The Labute approximate surface area is 166 Å². The van der Waals surface area contributed by atoms with Gasteiger partial charge in [-0.15, -0.1) is 0 Å². The van der Waals surface area contributed by atoms with Crippen LogP contribution in [-0.2, 0) is 11.4 Å². The highest BCUT2D eigenvalue weighted by Crippen LogP contribution is 2.28. The largest absolute Gasteiger partial charge is 0.488 e. The van der Waals surface area contributed by atoms with Crippen LogP contribution in [0.5, 0.6) is 5.75 Å². The van der Waals surface area contributed by atoms with Crippen LogP contribution < -0.4 is 15.8 Å². The van der Waals surface area contributed by atoms with Crippen molar-refractivity contribution >= 4 is 49.9 Å². The first-order chi connectivity index (χ1) is 12.4. The predicted molar refractivity (Wildman–Crippen MR) is 104 cm³/mol. The molecule has 0 aromatic heterocycles. The monoisotopic (exact) mass is 477 g/mol. The van der Waals surface area contributed by atoms with Gasteiger partial charge in [-0.3, -0.25) is 10.1 Å². The van der Waals surface area contributed by atoms with E-state index in [1.54, 1.807) is 24.3 Å². The second kappa shape index (κ2) is 9.17. The van der Waals surface area contributed by atoms with Crippen molar-refractivity contribution in [3.05, 3.63) is 68.1 Å². The first kappa shape index (κ1) is 19.7. The fourth-order valence-corrected chi connectivity index (χ4v) is 2.74. The lowest BCUT2D eigenvalue weighted by Crippen LogP contribution is -2.35. The second-order valence-electron chi connectivity index (χ2n) is 5.09. The van der Waals surface area contributed by atoms with E-state index in [4.69, 9.17) is 15.7 Å². The van der Waals surface area contributed by atoms with Crippen molar-refractivity contribution in [2.75, 3.05) is 0 Å². The normalized spacial score (nSPS) is 10.7. The Kier molecular flexibility index (Phi) is 6.95. The molecule has 2 aromatic rings. The molecule has 3 amide bonds. The lowest BCUT2D eigenvalue weighted by molar-refractivity contribution is -0.115. The average molecular weight is 479 g/mol. The van der Waals surface area contributed by atoms with Gasteiger partial charge in [-0.1, -0.05) is 34.1 Å². The Morgan fingerprint density at radius 3 is 2.46 bits per heavy atom. The number of rotatable bonds is 5. The van der Waals surface area contributed by atoms with Gasteiger partial charge in [-0.2, -0.15) is 5.26 Å². The summed E-state index contributed by atoms with van der Waals surface area (Å²) in [6, 6.07) is 13.6. The highest BCUT2D eigenvalue weighted by Gasteiger charge is 2.11. The van der Waals surface area contributed by atoms with Crippen molar-refractivity contribution in [1.29, 1.82) is 5.26 Å². The molecule has 0 spiro atoms. The van der Waals surface area contributed by atoms with Crippen molar-refractivity contribution in [3.8, 4) is 11.8 Å². The van der Waals surface area contributed by atoms with Crippen LogP contribution in [0.25, 0.3) is 6.08 Å². The first-order valence-electron chi connectivity index (χ1n) is 7.28. The number of hydrogen-bond donors (Lipinski definition) is 2. The maximum absolute atomic E-state index is 11.7. The van der Waals surface area contributed by atoms with E-state index in [1.807, 2.05) is 29.6 Å². The number of halogens is 2. The third-order valence-electron chi connectivity index (χ3n) is 3.18. The third kappa shape index (κ3) is 5.72. The van der Waals surface area contributed by atoms with Crippen molar-refractivity contribution < 1.29 is 14.3 Å². The molecule has 0 unspecified atom stereocenters. The Bertz CT molecular complexity index is 903. The summed E-state index contributed by atoms with van der Waals surface area (Å²) in [6.07, 6.45) is 1.35. The molecule has 0 saturated heterocycles. The number of carbonyl (C=O) groups excluding carboxylic acids is 2. The SMILES string of the molecule is N#C/C(=C/c1ccc(OCc2ccc(Br)cc2)c(Br)c1)C(=O)NC(N)=O. The molecule has 0 radical (unpaired) electrons. The van der Waals surface area contributed by atoms with Gasteiger partial charge < -0.3 is 10.5 Å². The van der Waals surface area contributed by atoms with Gasteiger partial charge in [0.05, 0.1) is 4.47 Å². The second-order valence-corrected chi connectivity index (χ2v) is 6.86. The van der Waals surface area contributed by atoms with E-state index in [2.05, 4.69) is 31.9 Å². The quantitative estimate of drug-likeness (QED) is 0.502. The van der Waals surface area contributed by atoms with Crippen LogP contribution >= 0.6 is 31.9 Å². The molecule has 6 nitrogen and oxygen atoms in total. The molecule has 0 aliphatic carbocycles. The van der Waals surface area contributed by atoms with Crippen LogP contribution in [0.15, 0.2) is 57.0 Å². The standard InChI is InChI=1S/C18H13Br2N3O3/c19-14-4-1-11(2-5-14)10-26-16-6-3-12(8-15(16)20)7-13(9-21)17(24)23-18(22)25/h1-8H,10H2,(H3,22,23,24,25)/b13-7-. The molecular weight excluding hydrogens is 466 g/mol. The number of urea groups is 1. The fourth-order valence-electron chi connectivity index (χ4n) is 1.96. The summed E-state index contributed by atoms with van der Waals surface area (Å²) in [6.45, 7) is 0.394. The maximum atomic E-state index is 11.7. The molecule has 0 aliphatic rings. The minimum atomic E-state index is -1.02. The average Bonchev–Trinajstić information content (AvgIpc) is 2.59. The number of nitriles is 1. The zero-order chi connectivity index (χ0) is 19.1. The molecule has 132 valence electrons. The third-order valence-corrected chi connectivity index (χ3v) is 4.32. The number of nitrogens with zero attached hydrogens (tertiary/aromatic N) is 1. The van der Waals surface area contributed by atoms with Crippen molar-refractivity contribution in [1.82, 2.24) is 5.32 Å². The summed E-state index contributed by atoms with van der Waals surface area (Å²) in [5, 5.41) is 10.9. The Hall–Kier alpha value is -2.63. The number of carbonyl (C=O) groups is 2. The molecule has 0 aliphatic heterocycles. The zero-order valence-corrected chi connectivity index (χ0v) is 16.5. The van der Waals surface area contributed by atoms with Crippen LogP contribution in [0, 0.1) is 11.3 Å². The highest BCUT2D eigenvalue weighted by molar-refractivity contribution is 9.10. The van der Waals surface area contributed by atoms with E-state index < -0.39 is 11.9 Å². The van der Waals surface area contributed by atoms with Gasteiger partial charge in [-0.05, 0) is 57.4 Å². The van der Waals surface area contributed by atoms with Crippen molar-refractivity contribution in [2.45, 2.75) is 6.61 Å². The lowest BCUT2D eigenvalue weighted by atomic mass is 10.1. The molecule has 0 saturated carbocycles. The van der Waals surface area contributed by atoms with Crippen LogP contribution in [0.4, 0.5) is 4.79 Å². The van der Waals surface area contributed by atoms with Gasteiger partial charge in [0.15, 0.2) is 0 Å². The molecule has 0 fully saturated rings. The van der Waals surface area contributed by atoms with Crippen LogP contribution in [-0.4, -0.2) is 11.9 Å². The number of amides is 3. The molecule has 0 atom stereocenters. The van der Waals surface area contributed by atoms with E-state index in [0.29, 0.717) is 22.4 Å². The molecule has 26 heavy (non-hydrogen) atoms. The summed E-state index contributed by atoms with van der Waals surface area (Å²) in [4.78, 5) is 22.4. The zero-order valence-electron chi connectivity index (χ0n) is 13.3. The fraction of sp³-hybridized carbons (Fsp3) is 0.0556. The number of imide groups is 1. The molecule has 0 heterocycles. The number of benzene rings is 2. The predicted octanol–water partition coefficient (Wildman–Crippen LogP) is 3.89. The summed E-state index contributed by atoms with van der Waals surface area (Å²) in [5.74, 6) is -0.239. The number of nitrogens with two attached hydrogens (primary N) is 1. The Morgan fingerprint density at radius 2 is 1.88 bits per heavy atom. The van der Waals surface area contributed by atoms with E-state index in [0.717, 1.165) is 10.0 Å². The van der Waals surface area contributed by atoms with Crippen LogP contribution in [0.1, 0.15) is 11.1 Å². The van der Waals surface area contributed by atoms with Gasteiger partial charge in [0, 0.05) is 4.47 Å². The Morgan fingerprint density at radius 1 is 1.19 bits per heavy atom. The van der Waals surface area contributed by atoms with Gasteiger partial charge in [0.25, 0.3) is 5.91 Å². The summed E-state index contributed by atoms with van der Waals surface area (Å²) in [7, 11) is 0. The summed E-state index contributed by atoms with van der Waals surface area (Å²) >= 11 is 6.78. The first-order valence-corrected chi connectivity index (χ1v) is 8.87. The van der Waals surface area contributed by atoms with Crippen molar-refractivity contribution in [3.63, 3.8) is 0 Å². The molecule has 3 N–H and O–H groups in total. The van der Waals surface area contributed by atoms with E-state index >= 15 is 0 Å². The van der Waals surface area contributed by atoms with Gasteiger partial charge in [0.1, 0.15) is 24.0 Å². The maximum Gasteiger partial charge on any atom is 0.319 e. The van der Waals surface area contributed by atoms with Gasteiger partial charge in [0.2, 0.25) is 0 Å². The molecule has 8 heteroatoms.